The van der Waals surface area contributed by atoms with Gasteiger partial charge in [-0.3, -0.25) is 4.79 Å². The highest BCUT2D eigenvalue weighted by atomic mass is 16.5. The largest absolute Gasteiger partial charge is 0.493 e. The molecule has 1 aromatic rings. The Kier molecular flexibility index (Phi) is 8.88. The van der Waals surface area contributed by atoms with Crippen LogP contribution in [0.1, 0.15) is 52.0 Å². The summed E-state index contributed by atoms with van der Waals surface area (Å²) in [6.45, 7) is 6.75. The minimum Gasteiger partial charge on any atom is -0.493 e. The van der Waals surface area contributed by atoms with E-state index in [0.717, 1.165) is 17.7 Å². The number of nitrogens with one attached hydrogen (secondary N) is 1. The van der Waals surface area contributed by atoms with Crippen LogP contribution in [0.2, 0.25) is 0 Å². The molecule has 1 N–H and O–H groups in total. The van der Waals surface area contributed by atoms with Crippen LogP contribution < -0.4 is 14.8 Å². The van der Waals surface area contributed by atoms with Gasteiger partial charge in [-0.25, -0.2) is 0 Å². The van der Waals surface area contributed by atoms with E-state index in [0.29, 0.717) is 12.4 Å². The van der Waals surface area contributed by atoms with Crippen LogP contribution >= 0.6 is 0 Å². The van der Waals surface area contributed by atoms with Gasteiger partial charge < -0.3 is 14.8 Å². The van der Waals surface area contributed by atoms with Gasteiger partial charge in [-0.15, -0.1) is 0 Å². The first kappa shape index (κ1) is 19.1. The summed E-state index contributed by atoms with van der Waals surface area (Å²) in [6.07, 6.45) is 7.99. The fourth-order valence-corrected chi connectivity index (χ4v) is 2.12. The minimum absolute atomic E-state index is 0.102. The first-order valence-corrected chi connectivity index (χ1v) is 8.36. The summed E-state index contributed by atoms with van der Waals surface area (Å²) in [5.74, 6) is 1.33. The predicted octanol–water partition coefficient (Wildman–Crippen LogP) is 4.19. The normalized spacial score (nSPS) is 11.0. The number of methoxy groups -OCH3 is 1. The molecule has 128 valence electrons. The van der Waals surface area contributed by atoms with Gasteiger partial charge in [0.25, 0.3) is 0 Å². The predicted molar refractivity (Wildman–Crippen MR) is 94.9 cm³/mol. The van der Waals surface area contributed by atoms with Gasteiger partial charge in [0.1, 0.15) is 0 Å². The van der Waals surface area contributed by atoms with Gasteiger partial charge >= 0.3 is 0 Å². The van der Waals surface area contributed by atoms with Crippen molar-refractivity contribution in [1.82, 2.24) is 5.32 Å². The van der Waals surface area contributed by atoms with Crippen LogP contribution in [0.3, 0.4) is 0 Å². The molecular formula is C19H29NO3. The molecule has 0 bridgehead atoms. The Balaban J connectivity index is 2.61. The molecule has 0 saturated carbocycles. The van der Waals surface area contributed by atoms with Crippen LogP contribution in [-0.4, -0.2) is 25.7 Å². The molecule has 23 heavy (non-hydrogen) atoms. The quantitative estimate of drug-likeness (QED) is 0.519. The molecule has 1 amide bonds. The van der Waals surface area contributed by atoms with Crippen LogP contribution in [0.5, 0.6) is 11.5 Å². The van der Waals surface area contributed by atoms with E-state index in [-0.39, 0.29) is 11.9 Å². The molecule has 0 unspecified atom stereocenters. The molecule has 4 nitrogen and oxygen atoms in total. The highest BCUT2D eigenvalue weighted by Crippen LogP contribution is 2.28. The number of hydrogen-bond donors (Lipinski definition) is 1. The molecule has 4 heteroatoms. The number of amides is 1. The van der Waals surface area contributed by atoms with E-state index >= 15 is 0 Å². The van der Waals surface area contributed by atoms with Crippen LogP contribution in [0.25, 0.3) is 6.08 Å². The van der Waals surface area contributed by atoms with Gasteiger partial charge in [-0.2, -0.15) is 0 Å². The van der Waals surface area contributed by atoms with Gasteiger partial charge in [0, 0.05) is 12.1 Å². The van der Waals surface area contributed by atoms with Crippen molar-refractivity contribution in [2.45, 2.75) is 52.5 Å². The number of unbranched alkanes of at least 4 members (excludes halogenated alkanes) is 3. The van der Waals surface area contributed by atoms with E-state index in [4.69, 9.17) is 9.47 Å². The van der Waals surface area contributed by atoms with E-state index < -0.39 is 0 Å². The minimum atomic E-state index is -0.102. The first-order chi connectivity index (χ1) is 11.1. The molecule has 1 aromatic carbocycles. The first-order valence-electron chi connectivity index (χ1n) is 8.36. The van der Waals surface area contributed by atoms with Crippen LogP contribution in [0, 0.1) is 0 Å². The molecular weight excluding hydrogens is 290 g/mol. The van der Waals surface area contributed by atoms with Crippen molar-refractivity contribution in [3.8, 4) is 11.5 Å². The second-order valence-electron chi connectivity index (χ2n) is 5.82. The summed E-state index contributed by atoms with van der Waals surface area (Å²) in [5.41, 5.74) is 0.902. The summed E-state index contributed by atoms with van der Waals surface area (Å²) in [6, 6.07) is 5.81. The average molecular weight is 319 g/mol. The molecule has 0 aliphatic heterocycles. The molecule has 1 rings (SSSR count). The van der Waals surface area contributed by atoms with Crippen LogP contribution in [0.4, 0.5) is 0 Å². The third-order valence-corrected chi connectivity index (χ3v) is 3.30. The highest BCUT2D eigenvalue weighted by Gasteiger charge is 2.05. The van der Waals surface area contributed by atoms with Crippen LogP contribution in [0.15, 0.2) is 24.3 Å². The summed E-state index contributed by atoms with van der Waals surface area (Å²) < 4.78 is 11.2. The fourth-order valence-electron chi connectivity index (χ4n) is 2.12. The third-order valence-electron chi connectivity index (χ3n) is 3.30. The lowest BCUT2D eigenvalue weighted by Crippen LogP contribution is -2.28. The number of rotatable bonds is 10. The second kappa shape index (κ2) is 10.7. The molecule has 0 atom stereocenters. The van der Waals surface area contributed by atoms with E-state index in [1.807, 2.05) is 32.0 Å². The van der Waals surface area contributed by atoms with Crippen molar-refractivity contribution >= 4 is 12.0 Å². The topological polar surface area (TPSA) is 47.6 Å². The average Bonchev–Trinajstić information content (AvgIpc) is 2.52. The second-order valence-corrected chi connectivity index (χ2v) is 5.82. The molecule has 0 radical (unpaired) electrons. The summed E-state index contributed by atoms with van der Waals surface area (Å²) in [5, 5.41) is 2.82. The molecule has 0 saturated heterocycles. The molecule has 0 heterocycles. The molecule has 0 aliphatic carbocycles. The van der Waals surface area contributed by atoms with Crippen molar-refractivity contribution in [1.29, 1.82) is 0 Å². The van der Waals surface area contributed by atoms with Gasteiger partial charge in [0.05, 0.1) is 13.7 Å². The van der Waals surface area contributed by atoms with Crippen molar-refractivity contribution in [2.75, 3.05) is 13.7 Å². The van der Waals surface area contributed by atoms with E-state index in [1.165, 1.54) is 25.3 Å². The zero-order valence-corrected chi connectivity index (χ0v) is 14.7. The molecule has 0 spiro atoms. The Morgan fingerprint density at radius 2 is 2.00 bits per heavy atom. The van der Waals surface area contributed by atoms with Gasteiger partial charge in [0.2, 0.25) is 5.91 Å². The van der Waals surface area contributed by atoms with Gasteiger partial charge in [-0.1, -0.05) is 32.3 Å². The Morgan fingerprint density at radius 1 is 1.22 bits per heavy atom. The lowest BCUT2D eigenvalue weighted by molar-refractivity contribution is -0.116. The number of benzene rings is 1. The summed E-state index contributed by atoms with van der Waals surface area (Å²) in [4.78, 5) is 11.6. The number of ether oxygens (including phenoxy) is 2. The Bertz CT molecular complexity index is 509. The van der Waals surface area contributed by atoms with Crippen molar-refractivity contribution in [3.63, 3.8) is 0 Å². The molecule has 0 aromatic heterocycles. The Morgan fingerprint density at radius 3 is 2.65 bits per heavy atom. The van der Waals surface area contributed by atoms with Crippen molar-refractivity contribution in [2.24, 2.45) is 0 Å². The van der Waals surface area contributed by atoms with E-state index in [1.54, 1.807) is 13.2 Å². The Labute approximate surface area is 139 Å². The summed E-state index contributed by atoms with van der Waals surface area (Å²) in [7, 11) is 1.62. The van der Waals surface area contributed by atoms with Crippen molar-refractivity contribution < 1.29 is 14.3 Å². The van der Waals surface area contributed by atoms with Crippen LogP contribution in [-0.2, 0) is 4.79 Å². The van der Waals surface area contributed by atoms with Gasteiger partial charge in [-0.05, 0) is 44.0 Å². The molecule has 0 fully saturated rings. The molecule has 0 aliphatic rings. The van der Waals surface area contributed by atoms with Crippen molar-refractivity contribution in [3.05, 3.63) is 29.8 Å². The fraction of sp³-hybridized carbons (Fsp3) is 0.526. The summed E-state index contributed by atoms with van der Waals surface area (Å²) >= 11 is 0. The van der Waals surface area contributed by atoms with E-state index in [2.05, 4.69) is 12.2 Å². The maximum atomic E-state index is 11.6. The lowest BCUT2D eigenvalue weighted by atomic mass is 10.2. The SMILES string of the molecule is CCCCCCOc1ccc(/C=C/C(=O)NC(C)C)cc1OC. The third kappa shape index (κ3) is 7.73. The van der Waals surface area contributed by atoms with Gasteiger partial charge in [0.15, 0.2) is 11.5 Å². The number of hydrogen-bond acceptors (Lipinski definition) is 3. The monoisotopic (exact) mass is 319 g/mol. The number of carbonyl (C=O) groups is 1. The standard InChI is InChI=1S/C19H29NO3/c1-5-6-7-8-13-23-17-11-9-16(14-18(17)22-4)10-12-19(21)20-15(2)3/h9-12,14-15H,5-8,13H2,1-4H3,(H,20,21)/b12-10+. The Hall–Kier alpha value is -1.97. The maximum Gasteiger partial charge on any atom is 0.244 e. The highest BCUT2D eigenvalue weighted by molar-refractivity contribution is 5.91. The lowest BCUT2D eigenvalue weighted by Gasteiger charge is -2.11. The van der Waals surface area contributed by atoms with E-state index in [9.17, 15) is 4.79 Å². The maximum absolute atomic E-state index is 11.6. The zero-order chi connectivity index (χ0) is 17.1. The zero-order valence-electron chi connectivity index (χ0n) is 14.7. The number of carbonyl (C=O) groups excluding carboxylic acids is 1. The smallest absolute Gasteiger partial charge is 0.244 e.